The zero-order valence-electron chi connectivity index (χ0n) is 13.2. The number of benzene rings is 2. The van der Waals surface area contributed by atoms with Crippen molar-refractivity contribution in [3.8, 4) is 0 Å². The van der Waals surface area contributed by atoms with Gasteiger partial charge in [0.25, 0.3) is 0 Å². The van der Waals surface area contributed by atoms with E-state index in [1.165, 1.54) is 0 Å². The maximum atomic E-state index is 10.1. The molecule has 0 aliphatic carbocycles. The van der Waals surface area contributed by atoms with Gasteiger partial charge in [0.15, 0.2) is 0 Å². The van der Waals surface area contributed by atoms with Gasteiger partial charge >= 0.3 is 0 Å². The molecule has 0 heterocycles. The molecule has 2 rings (SSSR count). The molecule has 0 aromatic heterocycles. The largest absolute Gasteiger partial charge is 0.385 e. The number of ether oxygens (including phenoxy) is 1. The van der Waals surface area contributed by atoms with Crippen LogP contribution in [0.25, 0.3) is 0 Å². The van der Waals surface area contributed by atoms with Gasteiger partial charge in [-0.2, -0.15) is 0 Å². The highest BCUT2D eigenvalue weighted by Crippen LogP contribution is 2.25. The second-order valence-electron chi connectivity index (χ2n) is 5.50. The Labute approximate surface area is 133 Å². The van der Waals surface area contributed by atoms with Gasteiger partial charge in [-0.25, -0.2) is 0 Å². The van der Waals surface area contributed by atoms with Crippen LogP contribution < -0.4 is 5.32 Å². The zero-order valence-corrected chi connectivity index (χ0v) is 13.2. The first-order valence-electron chi connectivity index (χ1n) is 8.02. The third-order valence-corrected chi connectivity index (χ3v) is 3.59. The summed E-state index contributed by atoms with van der Waals surface area (Å²) in [4.78, 5) is 0. The van der Waals surface area contributed by atoms with Gasteiger partial charge in [0.05, 0.1) is 13.2 Å². The van der Waals surface area contributed by atoms with E-state index in [2.05, 4.69) is 36.5 Å². The average molecular weight is 300 g/mol. The molecule has 0 fully saturated rings. The van der Waals surface area contributed by atoms with E-state index in [4.69, 9.17) is 4.74 Å². The first-order valence-corrected chi connectivity index (χ1v) is 8.02. The molecular weight excluding hydrogens is 274 g/mol. The number of aliphatic hydroxyl groups is 1. The van der Waals surface area contributed by atoms with Gasteiger partial charge in [0, 0.05) is 0 Å². The predicted molar refractivity (Wildman–Crippen MR) is 88.6 cm³/mol. The third-order valence-electron chi connectivity index (χ3n) is 3.59. The van der Waals surface area contributed by atoms with Crippen LogP contribution in [0.2, 0.25) is 0 Å². The van der Waals surface area contributed by atoms with E-state index >= 15 is 0 Å². The quantitative estimate of drug-likeness (QED) is 0.697. The molecule has 2 aromatic rings. The van der Waals surface area contributed by atoms with Crippen LogP contribution >= 0.6 is 0 Å². The number of nitrogens with two attached hydrogens (primary N) is 1. The Morgan fingerprint density at radius 3 is 2.00 bits per heavy atom. The summed E-state index contributed by atoms with van der Waals surface area (Å²) < 4.78 is 6.04. The minimum Gasteiger partial charge on any atom is -0.385 e. The van der Waals surface area contributed by atoms with Crippen LogP contribution in [0.15, 0.2) is 60.7 Å². The molecule has 118 valence electrons. The number of aliphatic hydroxyl groups excluding tert-OH is 1. The zero-order chi connectivity index (χ0) is 15.6. The van der Waals surface area contributed by atoms with Crippen molar-refractivity contribution < 1.29 is 15.2 Å². The monoisotopic (exact) mass is 300 g/mol. The van der Waals surface area contributed by atoms with Crippen LogP contribution in [0.3, 0.4) is 0 Å². The van der Waals surface area contributed by atoms with Crippen LogP contribution in [0.4, 0.5) is 0 Å². The molecule has 22 heavy (non-hydrogen) atoms. The molecule has 0 bridgehead atoms. The Kier molecular flexibility index (Phi) is 7.10. The van der Waals surface area contributed by atoms with Crippen molar-refractivity contribution in [1.29, 1.82) is 0 Å². The van der Waals surface area contributed by atoms with Crippen LogP contribution in [0.5, 0.6) is 0 Å². The van der Waals surface area contributed by atoms with Crippen molar-refractivity contribution in [3.63, 3.8) is 0 Å². The van der Waals surface area contributed by atoms with E-state index in [1.807, 2.05) is 36.4 Å². The highest BCUT2D eigenvalue weighted by molar-refractivity contribution is 5.29. The second-order valence-corrected chi connectivity index (χ2v) is 5.50. The van der Waals surface area contributed by atoms with E-state index in [-0.39, 0.29) is 6.10 Å². The van der Waals surface area contributed by atoms with Gasteiger partial charge in [-0.05, 0) is 17.5 Å². The maximum absolute atomic E-state index is 10.1. The molecule has 0 saturated heterocycles. The van der Waals surface area contributed by atoms with Gasteiger partial charge in [0.2, 0.25) is 0 Å². The number of hydrogen-bond donors (Lipinski definition) is 2. The predicted octanol–water partition coefficient (Wildman–Crippen LogP) is 2.13. The number of quaternary nitrogens is 1. The second kappa shape index (κ2) is 9.36. The smallest absolute Gasteiger partial charge is 0.126 e. The molecule has 0 amide bonds. The van der Waals surface area contributed by atoms with Crippen molar-refractivity contribution >= 4 is 0 Å². The number of rotatable bonds is 9. The van der Waals surface area contributed by atoms with Gasteiger partial charge in [-0.1, -0.05) is 67.6 Å². The summed E-state index contributed by atoms with van der Waals surface area (Å²) >= 11 is 0. The maximum Gasteiger partial charge on any atom is 0.126 e. The van der Waals surface area contributed by atoms with E-state index < -0.39 is 6.10 Å². The topological polar surface area (TPSA) is 46.1 Å². The molecular formula is C19H26NO2+. The van der Waals surface area contributed by atoms with Gasteiger partial charge in [0.1, 0.15) is 18.8 Å². The molecule has 0 aliphatic heterocycles. The third kappa shape index (κ3) is 5.26. The lowest BCUT2D eigenvalue weighted by molar-refractivity contribution is -0.661. The molecule has 1 atom stereocenters. The SMILES string of the molecule is CCC[NH2+]C[C@@H](O)COC(c1ccccc1)c1ccccc1. The van der Waals surface area contributed by atoms with Crippen LogP contribution in [0.1, 0.15) is 30.6 Å². The molecule has 3 nitrogen and oxygen atoms in total. The van der Waals surface area contributed by atoms with E-state index in [1.54, 1.807) is 0 Å². The summed E-state index contributed by atoms with van der Waals surface area (Å²) in [6, 6.07) is 20.3. The van der Waals surface area contributed by atoms with Crippen molar-refractivity contribution in [2.75, 3.05) is 19.7 Å². The molecule has 0 unspecified atom stereocenters. The summed E-state index contributed by atoms with van der Waals surface area (Å²) in [6.07, 6.45) is 0.536. The Morgan fingerprint density at radius 2 is 1.50 bits per heavy atom. The average Bonchev–Trinajstić information content (AvgIpc) is 2.57. The summed E-state index contributed by atoms with van der Waals surface area (Å²) in [5.74, 6) is 0. The first kappa shape index (κ1) is 16.7. The minimum atomic E-state index is -0.443. The molecule has 3 heteroatoms. The summed E-state index contributed by atoms with van der Waals surface area (Å²) in [5, 5.41) is 12.2. The van der Waals surface area contributed by atoms with Crippen molar-refractivity contribution in [1.82, 2.24) is 0 Å². The first-order chi connectivity index (χ1) is 10.8. The van der Waals surface area contributed by atoms with Gasteiger partial charge in [-0.15, -0.1) is 0 Å². The summed E-state index contributed by atoms with van der Waals surface area (Å²) in [6.45, 7) is 4.21. The Bertz CT molecular complexity index is 476. The van der Waals surface area contributed by atoms with Crippen molar-refractivity contribution in [3.05, 3.63) is 71.8 Å². The van der Waals surface area contributed by atoms with E-state index in [9.17, 15) is 5.11 Å². The lowest BCUT2D eigenvalue weighted by Gasteiger charge is -2.20. The fraction of sp³-hybridized carbons (Fsp3) is 0.368. The Hall–Kier alpha value is -1.68. The lowest BCUT2D eigenvalue weighted by atomic mass is 10.0. The van der Waals surface area contributed by atoms with Crippen LogP contribution in [-0.2, 0) is 4.74 Å². The minimum absolute atomic E-state index is 0.136. The molecule has 0 spiro atoms. The van der Waals surface area contributed by atoms with E-state index in [0.717, 1.165) is 24.1 Å². The van der Waals surface area contributed by atoms with Gasteiger partial charge in [-0.3, -0.25) is 0 Å². The van der Waals surface area contributed by atoms with Crippen molar-refractivity contribution in [2.45, 2.75) is 25.6 Å². The van der Waals surface area contributed by atoms with Crippen molar-refractivity contribution in [2.24, 2.45) is 0 Å². The molecule has 0 aliphatic rings. The highest BCUT2D eigenvalue weighted by atomic mass is 16.5. The van der Waals surface area contributed by atoms with E-state index in [0.29, 0.717) is 13.2 Å². The fourth-order valence-corrected chi connectivity index (χ4v) is 2.43. The summed E-state index contributed by atoms with van der Waals surface area (Å²) in [5.41, 5.74) is 2.22. The van der Waals surface area contributed by atoms with Gasteiger partial charge < -0.3 is 15.2 Å². The number of hydrogen-bond acceptors (Lipinski definition) is 2. The standard InChI is InChI=1S/C19H25NO2/c1-2-13-20-14-18(21)15-22-19(16-9-5-3-6-10-16)17-11-7-4-8-12-17/h3-12,18-21H,2,13-15H2,1H3/p+1/t18-/m1/s1. The Balaban J connectivity index is 2.00. The van der Waals surface area contributed by atoms with Crippen LogP contribution in [-0.4, -0.2) is 30.9 Å². The summed E-state index contributed by atoms with van der Waals surface area (Å²) in [7, 11) is 0. The molecule has 3 N–H and O–H groups in total. The van der Waals surface area contributed by atoms with Crippen LogP contribution in [0, 0.1) is 0 Å². The fourth-order valence-electron chi connectivity index (χ4n) is 2.43. The molecule has 0 radical (unpaired) electrons. The molecule has 2 aromatic carbocycles. The molecule has 0 saturated carbocycles. The lowest BCUT2D eigenvalue weighted by Crippen LogP contribution is -2.86. The highest BCUT2D eigenvalue weighted by Gasteiger charge is 2.16. The normalized spacial score (nSPS) is 12.5. The Morgan fingerprint density at radius 1 is 0.955 bits per heavy atom.